The summed E-state index contributed by atoms with van der Waals surface area (Å²) >= 11 is 0. The predicted molar refractivity (Wildman–Crippen MR) is 88.7 cm³/mol. The van der Waals surface area contributed by atoms with Gasteiger partial charge in [0.1, 0.15) is 5.82 Å². The van der Waals surface area contributed by atoms with E-state index in [2.05, 4.69) is 36.3 Å². The second-order valence-corrected chi connectivity index (χ2v) is 6.74. The van der Waals surface area contributed by atoms with Crippen molar-refractivity contribution in [2.75, 3.05) is 11.4 Å². The Bertz CT molecular complexity index is 468. The number of aryl methyl sites for hydroxylation is 1. The van der Waals surface area contributed by atoms with E-state index in [1.165, 1.54) is 68.4 Å². The molecular weight excluding hydrogens is 258 g/mol. The van der Waals surface area contributed by atoms with Crippen LogP contribution in [0.4, 0.5) is 5.82 Å². The van der Waals surface area contributed by atoms with Gasteiger partial charge in [-0.2, -0.15) is 0 Å². The molecule has 1 aromatic rings. The molecule has 1 aliphatic carbocycles. The minimum atomic E-state index is 0.675. The third-order valence-corrected chi connectivity index (χ3v) is 4.90. The Morgan fingerprint density at radius 3 is 2.81 bits per heavy atom. The minimum absolute atomic E-state index is 0.675. The van der Waals surface area contributed by atoms with Crippen LogP contribution in [0.5, 0.6) is 0 Å². The van der Waals surface area contributed by atoms with Crippen LogP contribution in [-0.2, 0) is 6.54 Å². The number of rotatable bonds is 5. The fraction of sp³-hybridized carbons (Fsp3) is 0.722. The third-order valence-electron chi connectivity index (χ3n) is 4.90. The number of hydrogen-bond donors (Lipinski definition) is 1. The Morgan fingerprint density at radius 2 is 2.10 bits per heavy atom. The fourth-order valence-corrected chi connectivity index (χ4v) is 3.45. The molecule has 1 saturated heterocycles. The van der Waals surface area contributed by atoms with E-state index in [1.54, 1.807) is 0 Å². The maximum Gasteiger partial charge on any atom is 0.131 e. The minimum Gasteiger partial charge on any atom is -0.353 e. The summed E-state index contributed by atoms with van der Waals surface area (Å²) in [6.45, 7) is 6.68. The summed E-state index contributed by atoms with van der Waals surface area (Å²) in [4.78, 5) is 7.40. The highest BCUT2D eigenvalue weighted by atomic mass is 15.2. The highest BCUT2D eigenvalue weighted by Crippen LogP contribution is 2.27. The SMILES string of the molecule is CCC1CCCCCN1c1ncc(CNC2CC2)cc1C. The van der Waals surface area contributed by atoms with Gasteiger partial charge in [-0.15, -0.1) is 0 Å². The van der Waals surface area contributed by atoms with Gasteiger partial charge in [-0.1, -0.05) is 19.8 Å². The average molecular weight is 287 g/mol. The van der Waals surface area contributed by atoms with E-state index in [4.69, 9.17) is 4.98 Å². The van der Waals surface area contributed by atoms with Crippen molar-refractivity contribution >= 4 is 5.82 Å². The maximum absolute atomic E-state index is 4.83. The van der Waals surface area contributed by atoms with Gasteiger partial charge in [0.15, 0.2) is 0 Å². The third kappa shape index (κ3) is 3.76. The monoisotopic (exact) mass is 287 g/mol. The molecule has 0 spiro atoms. The van der Waals surface area contributed by atoms with Gasteiger partial charge in [-0.25, -0.2) is 4.98 Å². The topological polar surface area (TPSA) is 28.2 Å². The molecule has 1 N–H and O–H groups in total. The highest BCUT2D eigenvalue weighted by Gasteiger charge is 2.23. The fourth-order valence-electron chi connectivity index (χ4n) is 3.45. The normalized spacial score (nSPS) is 23.1. The van der Waals surface area contributed by atoms with Crippen LogP contribution in [0.3, 0.4) is 0 Å². The summed E-state index contributed by atoms with van der Waals surface area (Å²) in [6, 6.07) is 3.77. The van der Waals surface area contributed by atoms with Crippen molar-refractivity contribution in [2.45, 2.75) is 77.4 Å². The van der Waals surface area contributed by atoms with Gasteiger partial charge in [0.25, 0.3) is 0 Å². The van der Waals surface area contributed by atoms with E-state index in [9.17, 15) is 0 Å². The zero-order chi connectivity index (χ0) is 14.7. The van der Waals surface area contributed by atoms with Gasteiger partial charge in [0, 0.05) is 31.4 Å². The van der Waals surface area contributed by atoms with E-state index in [0.717, 1.165) is 12.6 Å². The van der Waals surface area contributed by atoms with Crippen LogP contribution in [-0.4, -0.2) is 23.6 Å². The van der Waals surface area contributed by atoms with Gasteiger partial charge < -0.3 is 10.2 Å². The molecule has 1 saturated carbocycles. The molecule has 3 rings (SSSR count). The van der Waals surface area contributed by atoms with Crippen molar-refractivity contribution in [1.29, 1.82) is 0 Å². The van der Waals surface area contributed by atoms with Crippen LogP contribution < -0.4 is 10.2 Å². The Morgan fingerprint density at radius 1 is 1.24 bits per heavy atom. The molecular formula is C18H29N3. The number of hydrogen-bond acceptors (Lipinski definition) is 3. The number of aromatic nitrogens is 1. The molecule has 1 unspecified atom stereocenters. The van der Waals surface area contributed by atoms with Crippen molar-refractivity contribution in [3.63, 3.8) is 0 Å². The summed E-state index contributed by atoms with van der Waals surface area (Å²) in [5, 5.41) is 3.58. The molecule has 0 amide bonds. The van der Waals surface area contributed by atoms with E-state index in [-0.39, 0.29) is 0 Å². The van der Waals surface area contributed by atoms with Crippen molar-refractivity contribution < 1.29 is 0 Å². The van der Waals surface area contributed by atoms with E-state index in [0.29, 0.717) is 6.04 Å². The summed E-state index contributed by atoms with van der Waals surface area (Å²) < 4.78 is 0. The lowest BCUT2D eigenvalue weighted by molar-refractivity contribution is 0.551. The molecule has 21 heavy (non-hydrogen) atoms. The summed E-state index contributed by atoms with van der Waals surface area (Å²) in [7, 11) is 0. The zero-order valence-electron chi connectivity index (χ0n) is 13.6. The van der Waals surface area contributed by atoms with Crippen molar-refractivity contribution in [1.82, 2.24) is 10.3 Å². The van der Waals surface area contributed by atoms with E-state index in [1.807, 2.05) is 0 Å². The van der Waals surface area contributed by atoms with E-state index < -0.39 is 0 Å². The van der Waals surface area contributed by atoms with Crippen LogP contribution in [0.1, 0.15) is 63.0 Å². The first-order valence-corrected chi connectivity index (χ1v) is 8.73. The molecule has 0 aromatic carbocycles. The highest BCUT2D eigenvalue weighted by molar-refractivity contribution is 5.48. The standard InChI is InChI=1S/C18H29N3/c1-3-17-7-5-4-6-10-21(17)18-14(2)11-15(13-20-18)12-19-16-8-9-16/h11,13,16-17,19H,3-10,12H2,1-2H3. The molecule has 2 heterocycles. The molecule has 0 bridgehead atoms. The smallest absolute Gasteiger partial charge is 0.131 e. The summed E-state index contributed by atoms with van der Waals surface area (Å²) in [6.07, 6.45) is 11.4. The molecule has 1 aromatic heterocycles. The molecule has 0 radical (unpaired) electrons. The quantitative estimate of drug-likeness (QED) is 0.893. The number of pyridine rings is 1. The predicted octanol–water partition coefficient (Wildman–Crippen LogP) is 3.80. The second kappa shape index (κ2) is 6.78. The lowest BCUT2D eigenvalue weighted by Crippen LogP contribution is -2.35. The van der Waals surface area contributed by atoms with Crippen molar-refractivity contribution in [2.24, 2.45) is 0 Å². The van der Waals surface area contributed by atoms with Crippen LogP contribution in [0.2, 0.25) is 0 Å². The first-order valence-electron chi connectivity index (χ1n) is 8.73. The molecule has 1 atom stereocenters. The van der Waals surface area contributed by atoms with Gasteiger partial charge >= 0.3 is 0 Å². The first kappa shape index (κ1) is 14.8. The Kier molecular flexibility index (Phi) is 4.79. The van der Waals surface area contributed by atoms with Gasteiger partial charge in [-0.3, -0.25) is 0 Å². The van der Waals surface area contributed by atoms with Crippen LogP contribution in [0.25, 0.3) is 0 Å². The second-order valence-electron chi connectivity index (χ2n) is 6.74. The molecule has 2 aliphatic rings. The Balaban J connectivity index is 1.73. The number of nitrogens with zero attached hydrogens (tertiary/aromatic N) is 2. The Hall–Kier alpha value is -1.09. The first-order chi connectivity index (χ1) is 10.3. The van der Waals surface area contributed by atoms with Crippen LogP contribution in [0.15, 0.2) is 12.3 Å². The Labute approximate surface area is 129 Å². The van der Waals surface area contributed by atoms with Gasteiger partial charge in [0.05, 0.1) is 0 Å². The van der Waals surface area contributed by atoms with Crippen molar-refractivity contribution in [3.05, 3.63) is 23.4 Å². The van der Waals surface area contributed by atoms with Crippen molar-refractivity contribution in [3.8, 4) is 0 Å². The van der Waals surface area contributed by atoms with Crippen LogP contribution in [0, 0.1) is 6.92 Å². The lowest BCUT2D eigenvalue weighted by atomic mass is 10.1. The molecule has 1 aliphatic heterocycles. The number of anilines is 1. The lowest BCUT2D eigenvalue weighted by Gasteiger charge is -2.31. The molecule has 2 fully saturated rings. The number of nitrogens with one attached hydrogen (secondary N) is 1. The molecule has 3 heteroatoms. The molecule has 116 valence electrons. The van der Waals surface area contributed by atoms with Gasteiger partial charge in [-0.05, 0) is 56.2 Å². The van der Waals surface area contributed by atoms with Crippen LogP contribution >= 0.6 is 0 Å². The molecule has 3 nitrogen and oxygen atoms in total. The summed E-state index contributed by atoms with van der Waals surface area (Å²) in [5.41, 5.74) is 2.66. The summed E-state index contributed by atoms with van der Waals surface area (Å²) in [5.74, 6) is 1.22. The maximum atomic E-state index is 4.83. The van der Waals surface area contributed by atoms with E-state index >= 15 is 0 Å². The average Bonchev–Trinajstić information content (AvgIpc) is 3.32. The largest absolute Gasteiger partial charge is 0.353 e. The zero-order valence-corrected chi connectivity index (χ0v) is 13.6. The van der Waals surface area contributed by atoms with Gasteiger partial charge in [0.2, 0.25) is 0 Å².